The molecule has 0 bridgehead atoms. The third-order valence-corrected chi connectivity index (χ3v) is 5.76. The number of likely N-dealkylation sites (N-methyl/N-ethyl adjacent to an activating group) is 1. The van der Waals surface area contributed by atoms with E-state index in [0.717, 1.165) is 66.1 Å². The van der Waals surface area contributed by atoms with Gasteiger partial charge in [0.05, 0.1) is 11.1 Å². The van der Waals surface area contributed by atoms with Gasteiger partial charge in [0.2, 0.25) is 0 Å². The second-order valence-corrected chi connectivity index (χ2v) is 7.46. The fraction of sp³-hybridized carbons (Fsp3) is 0.364. The molecule has 0 atom stereocenters. The summed E-state index contributed by atoms with van der Waals surface area (Å²) in [5, 5.41) is 10.8. The maximum absolute atomic E-state index is 11.8. The van der Waals surface area contributed by atoms with Gasteiger partial charge in [-0.3, -0.25) is 0 Å². The van der Waals surface area contributed by atoms with Crippen LogP contribution < -0.4 is 4.90 Å². The topological polar surface area (TPSA) is 61.6 Å². The lowest BCUT2D eigenvalue weighted by Crippen LogP contribution is -2.44. The molecule has 28 heavy (non-hydrogen) atoms. The Hall–Kier alpha value is -2.86. The van der Waals surface area contributed by atoms with Gasteiger partial charge in [-0.2, -0.15) is 0 Å². The van der Waals surface area contributed by atoms with E-state index in [1.165, 1.54) is 0 Å². The van der Waals surface area contributed by atoms with E-state index < -0.39 is 5.97 Å². The van der Waals surface area contributed by atoms with Crippen LogP contribution in [0.15, 0.2) is 36.7 Å². The summed E-state index contributed by atoms with van der Waals surface area (Å²) in [5.74, 6) is 0.0799. The summed E-state index contributed by atoms with van der Waals surface area (Å²) in [5.41, 5.74) is 4.00. The molecule has 1 aromatic carbocycles. The highest BCUT2D eigenvalue weighted by Crippen LogP contribution is 2.34. The molecule has 146 valence electrons. The van der Waals surface area contributed by atoms with E-state index in [4.69, 9.17) is 0 Å². The zero-order valence-corrected chi connectivity index (χ0v) is 16.6. The number of carboxylic acid groups (broad SMARTS) is 1. The number of rotatable bonds is 4. The first kappa shape index (κ1) is 18.5. The third kappa shape index (κ3) is 3.14. The molecule has 6 nitrogen and oxygen atoms in total. The number of hydrogen-bond acceptors (Lipinski definition) is 4. The van der Waals surface area contributed by atoms with E-state index in [1.807, 2.05) is 25.4 Å². The number of piperazine rings is 1. The molecule has 0 spiro atoms. The van der Waals surface area contributed by atoms with Crippen molar-refractivity contribution in [1.29, 1.82) is 0 Å². The number of nitrogens with zero attached hydrogens (tertiary/aromatic N) is 4. The van der Waals surface area contributed by atoms with Crippen molar-refractivity contribution in [1.82, 2.24) is 14.5 Å². The van der Waals surface area contributed by atoms with Crippen LogP contribution in [0, 0.1) is 6.92 Å². The highest BCUT2D eigenvalue weighted by atomic mass is 16.4. The molecule has 3 heterocycles. The molecule has 1 fully saturated rings. The average Bonchev–Trinajstić information content (AvgIpc) is 3.14. The zero-order chi connectivity index (χ0) is 19.8. The number of fused-ring (bicyclic) bond motifs is 1. The first-order valence-electron chi connectivity index (χ1n) is 9.75. The standard InChI is InChI=1S/C22H26N4O2/c1-4-25-8-7-17-19(13-18(22(27)28)15(2)21(17)25)16-5-6-20(23-14-16)26-11-9-24(3)10-12-26/h5-8,13-14H,4,9-12H2,1-3H3,(H,27,28). The van der Waals surface area contributed by atoms with Crippen molar-refractivity contribution in [3.63, 3.8) is 0 Å². The van der Waals surface area contributed by atoms with Crippen LogP contribution >= 0.6 is 0 Å². The van der Waals surface area contributed by atoms with E-state index in [-0.39, 0.29) is 0 Å². The highest BCUT2D eigenvalue weighted by Gasteiger charge is 2.19. The Bertz CT molecular complexity index is 1020. The van der Waals surface area contributed by atoms with Gasteiger partial charge in [0.25, 0.3) is 0 Å². The van der Waals surface area contributed by atoms with Crippen LogP contribution in [-0.2, 0) is 6.54 Å². The predicted molar refractivity (Wildman–Crippen MR) is 112 cm³/mol. The van der Waals surface area contributed by atoms with Crippen molar-refractivity contribution in [3.8, 4) is 11.1 Å². The molecule has 6 heteroatoms. The van der Waals surface area contributed by atoms with Crippen molar-refractivity contribution in [3.05, 3.63) is 47.8 Å². The molecule has 3 aromatic rings. The second kappa shape index (κ2) is 7.28. The summed E-state index contributed by atoms with van der Waals surface area (Å²) in [4.78, 5) is 21.1. The summed E-state index contributed by atoms with van der Waals surface area (Å²) in [6, 6.07) is 7.96. The fourth-order valence-electron chi connectivity index (χ4n) is 4.06. The van der Waals surface area contributed by atoms with Crippen LogP contribution in [0.1, 0.15) is 22.8 Å². The van der Waals surface area contributed by atoms with Crippen molar-refractivity contribution in [2.45, 2.75) is 20.4 Å². The van der Waals surface area contributed by atoms with E-state index in [2.05, 4.69) is 45.5 Å². The zero-order valence-electron chi connectivity index (χ0n) is 16.6. The Morgan fingerprint density at radius 1 is 1.18 bits per heavy atom. The molecule has 1 aliphatic rings. The van der Waals surface area contributed by atoms with Gasteiger partial charge < -0.3 is 19.5 Å². The molecule has 2 aromatic heterocycles. The van der Waals surface area contributed by atoms with Crippen LogP contribution in [0.2, 0.25) is 0 Å². The molecule has 1 N–H and O–H groups in total. The van der Waals surface area contributed by atoms with Crippen molar-refractivity contribution in [2.75, 3.05) is 38.1 Å². The highest BCUT2D eigenvalue weighted by molar-refractivity contribution is 6.04. The molecule has 1 saturated heterocycles. The molecule has 0 aliphatic carbocycles. The van der Waals surface area contributed by atoms with Gasteiger partial charge >= 0.3 is 5.97 Å². The van der Waals surface area contributed by atoms with Crippen LogP contribution in [0.25, 0.3) is 22.0 Å². The number of carboxylic acids is 1. The largest absolute Gasteiger partial charge is 0.478 e. The number of pyridine rings is 1. The van der Waals surface area contributed by atoms with Gasteiger partial charge in [-0.15, -0.1) is 0 Å². The lowest BCUT2D eigenvalue weighted by Gasteiger charge is -2.33. The van der Waals surface area contributed by atoms with E-state index >= 15 is 0 Å². The van der Waals surface area contributed by atoms with Crippen LogP contribution in [0.3, 0.4) is 0 Å². The van der Waals surface area contributed by atoms with Gasteiger partial charge in [-0.05, 0) is 56.3 Å². The Balaban J connectivity index is 1.77. The number of aryl methyl sites for hydroxylation is 2. The quantitative estimate of drug-likeness (QED) is 0.753. The maximum Gasteiger partial charge on any atom is 0.336 e. The first-order valence-corrected chi connectivity index (χ1v) is 9.75. The predicted octanol–water partition coefficient (Wildman–Crippen LogP) is 3.48. The summed E-state index contributed by atoms with van der Waals surface area (Å²) >= 11 is 0. The summed E-state index contributed by atoms with van der Waals surface area (Å²) < 4.78 is 2.10. The fourth-order valence-corrected chi connectivity index (χ4v) is 4.06. The molecular formula is C22H26N4O2. The number of benzene rings is 1. The van der Waals surface area contributed by atoms with Crippen molar-refractivity contribution < 1.29 is 9.90 Å². The molecule has 0 amide bonds. The summed E-state index contributed by atoms with van der Waals surface area (Å²) in [6.45, 7) is 8.77. The minimum absolute atomic E-state index is 0.346. The Kier molecular flexibility index (Phi) is 4.81. The van der Waals surface area contributed by atoms with Gasteiger partial charge in [-0.25, -0.2) is 9.78 Å². The van der Waals surface area contributed by atoms with E-state index in [1.54, 1.807) is 6.07 Å². The van der Waals surface area contributed by atoms with Crippen LogP contribution in [-0.4, -0.2) is 58.8 Å². The van der Waals surface area contributed by atoms with Crippen LogP contribution in [0.5, 0.6) is 0 Å². The summed E-state index contributed by atoms with van der Waals surface area (Å²) in [6.07, 6.45) is 3.89. The van der Waals surface area contributed by atoms with E-state index in [0.29, 0.717) is 5.56 Å². The van der Waals surface area contributed by atoms with Crippen molar-refractivity contribution >= 4 is 22.7 Å². The Labute approximate surface area is 165 Å². The Morgan fingerprint density at radius 3 is 2.54 bits per heavy atom. The average molecular weight is 378 g/mol. The number of carbonyl (C=O) groups is 1. The normalized spacial score (nSPS) is 15.3. The smallest absolute Gasteiger partial charge is 0.336 e. The third-order valence-electron chi connectivity index (χ3n) is 5.76. The number of hydrogen-bond donors (Lipinski definition) is 1. The molecule has 1 aliphatic heterocycles. The monoisotopic (exact) mass is 378 g/mol. The second-order valence-electron chi connectivity index (χ2n) is 7.46. The van der Waals surface area contributed by atoms with Gasteiger partial charge in [-0.1, -0.05) is 0 Å². The number of anilines is 1. The van der Waals surface area contributed by atoms with Gasteiger partial charge in [0, 0.05) is 56.1 Å². The Morgan fingerprint density at radius 2 is 1.93 bits per heavy atom. The summed E-state index contributed by atoms with van der Waals surface area (Å²) in [7, 11) is 2.14. The number of aromatic nitrogens is 2. The van der Waals surface area contributed by atoms with Crippen LogP contribution in [0.4, 0.5) is 5.82 Å². The lowest BCUT2D eigenvalue weighted by molar-refractivity contribution is 0.0696. The minimum Gasteiger partial charge on any atom is -0.478 e. The lowest BCUT2D eigenvalue weighted by atomic mass is 9.96. The van der Waals surface area contributed by atoms with Crippen molar-refractivity contribution in [2.24, 2.45) is 0 Å². The molecular weight excluding hydrogens is 352 g/mol. The maximum atomic E-state index is 11.8. The molecule has 4 rings (SSSR count). The molecule has 0 saturated carbocycles. The van der Waals surface area contributed by atoms with E-state index in [9.17, 15) is 9.90 Å². The number of aromatic carboxylic acids is 1. The first-order chi connectivity index (χ1) is 13.5. The molecule has 0 unspecified atom stereocenters. The molecule has 0 radical (unpaired) electrons. The van der Waals surface area contributed by atoms with Gasteiger partial charge in [0.1, 0.15) is 5.82 Å². The minimum atomic E-state index is -0.897. The SMILES string of the molecule is CCn1ccc2c(-c3ccc(N4CCN(C)CC4)nc3)cc(C(=O)O)c(C)c21. The van der Waals surface area contributed by atoms with Gasteiger partial charge in [0.15, 0.2) is 0 Å².